The van der Waals surface area contributed by atoms with Gasteiger partial charge >= 0.3 is 0 Å². The molecule has 0 saturated carbocycles. The highest BCUT2D eigenvalue weighted by Gasteiger charge is 2.08. The van der Waals surface area contributed by atoms with Crippen molar-refractivity contribution in [3.8, 4) is 17.6 Å². The molecule has 2 aromatic rings. The van der Waals surface area contributed by atoms with Crippen LogP contribution in [-0.2, 0) is 5.33 Å². The molecule has 0 unspecified atom stereocenters. The van der Waals surface area contributed by atoms with Crippen LogP contribution in [0.2, 0.25) is 0 Å². The number of halogens is 3. The highest BCUT2D eigenvalue weighted by atomic mass is 79.9. The molecule has 19 heavy (non-hydrogen) atoms. The molecular formula is C14H8BrF2NO. The first-order valence-corrected chi connectivity index (χ1v) is 6.48. The van der Waals surface area contributed by atoms with E-state index in [-0.39, 0.29) is 17.1 Å². The number of alkyl halides is 1. The first-order valence-electron chi connectivity index (χ1n) is 5.36. The van der Waals surface area contributed by atoms with E-state index in [0.29, 0.717) is 16.6 Å². The summed E-state index contributed by atoms with van der Waals surface area (Å²) in [5, 5.41) is 9.05. The lowest BCUT2D eigenvalue weighted by Gasteiger charge is -2.10. The van der Waals surface area contributed by atoms with Crippen molar-refractivity contribution in [3.05, 3.63) is 59.2 Å². The molecule has 0 radical (unpaired) electrons. The second kappa shape index (κ2) is 5.81. The van der Waals surface area contributed by atoms with Gasteiger partial charge in [0.1, 0.15) is 29.2 Å². The molecule has 0 aliphatic carbocycles. The molecule has 5 heteroatoms. The molecule has 0 aliphatic rings. The Kier molecular flexibility index (Phi) is 4.13. The van der Waals surface area contributed by atoms with Gasteiger partial charge in [0, 0.05) is 17.0 Å². The molecule has 96 valence electrons. The molecule has 0 amide bonds. The molecule has 2 aromatic carbocycles. The third-order valence-electron chi connectivity index (χ3n) is 2.46. The van der Waals surface area contributed by atoms with Crippen molar-refractivity contribution in [1.82, 2.24) is 0 Å². The molecule has 0 aliphatic heterocycles. The molecule has 0 N–H and O–H groups in total. The minimum absolute atomic E-state index is 0.0489. The normalized spacial score (nSPS) is 10.0. The van der Waals surface area contributed by atoms with Crippen LogP contribution in [0.4, 0.5) is 8.78 Å². The molecule has 2 nitrogen and oxygen atoms in total. The van der Waals surface area contributed by atoms with E-state index >= 15 is 0 Å². The van der Waals surface area contributed by atoms with E-state index in [4.69, 9.17) is 10.00 Å². The van der Waals surface area contributed by atoms with E-state index in [0.717, 1.165) is 6.07 Å². The Hall–Kier alpha value is -1.93. The summed E-state index contributed by atoms with van der Waals surface area (Å²) in [5.41, 5.74) is 0.567. The van der Waals surface area contributed by atoms with Gasteiger partial charge in [-0.3, -0.25) is 0 Å². The molecule has 0 spiro atoms. The summed E-state index contributed by atoms with van der Waals surface area (Å²) in [6.07, 6.45) is 0. The molecule has 0 bridgehead atoms. The van der Waals surface area contributed by atoms with Crippen LogP contribution in [0.25, 0.3) is 0 Å². The Morgan fingerprint density at radius 3 is 2.58 bits per heavy atom. The highest BCUT2D eigenvalue weighted by molar-refractivity contribution is 9.08. The van der Waals surface area contributed by atoms with Crippen LogP contribution < -0.4 is 4.74 Å². The lowest BCUT2D eigenvalue weighted by atomic mass is 10.2. The van der Waals surface area contributed by atoms with Crippen molar-refractivity contribution in [1.29, 1.82) is 5.26 Å². The molecular weight excluding hydrogens is 316 g/mol. The lowest BCUT2D eigenvalue weighted by molar-refractivity contribution is 0.470. The number of benzene rings is 2. The fourth-order valence-electron chi connectivity index (χ4n) is 1.53. The van der Waals surface area contributed by atoms with Gasteiger partial charge in [-0.25, -0.2) is 8.78 Å². The summed E-state index contributed by atoms with van der Waals surface area (Å²) in [6.45, 7) is 0. The Morgan fingerprint density at radius 2 is 1.95 bits per heavy atom. The minimum Gasteiger partial charge on any atom is -0.457 e. The predicted molar refractivity (Wildman–Crippen MR) is 70.2 cm³/mol. The van der Waals surface area contributed by atoms with Crippen LogP contribution >= 0.6 is 15.9 Å². The quantitative estimate of drug-likeness (QED) is 0.778. The van der Waals surface area contributed by atoms with E-state index < -0.39 is 5.82 Å². The summed E-state index contributed by atoms with van der Waals surface area (Å²) in [7, 11) is 0. The third-order valence-corrected chi connectivity index (χ3v) is 3.06. The molecule has 0 aromatic heterocycles. The monoisotopic (exact) mass is 323 g/mol. The van der Waals surface area contributed by atoms with Crippen molar-refractivity contribution in [2.24, 2.45) is 0 Å². The summed E-state index contributed by atoms with van der Waals surface area (Å²) >= 11 is 3.23. The summed E-state index contributed by atoms with van der Waals surface area (Å²) in [5.74, 6) is -0.331. The van der Waals surface area contributed by atoms with Crippen molar-refractivity contribution >= 4 is 15.9 Å². The van der Waals surface area contributed by atoms with Gasteiger partial charge in [0.25, 0.3) is 0 Å². The van der Waals surface area contributed by atoms with Gasteiger partial charge in [-0.05, 0) is 30.3 Å². The average molecular weight is 324 g/mol. The van der Waals surface area contributed by atoms with Crippen LogP contribution in [-0.4, -0.2) is 0 Å². The number of nitrogens with zero attached hydrogens (tertiary/aromatic N) is 1. The Labute approximate surface area is 117 Å². The first-order chi connectivity index (χ1) is 9.13. The van der Waals surface area contributed by atoms with Crippen LogP contribution in [0.15, 0.2) is 36.4 Å². The Morgan fingerprint density at radius 1 is 1.16 bits per heavy atom. The van der Waals surface area contributed by atoms with E-state index in [2.05, 4.69) is 15.9 Å². The number of rotatable bonds is 3. The number of hydrogen-bond acceptors (Lipinski definition) is 2. The van der Waals surface area contributed by atoms with E-state index in [1.807, 2.05) is 0 Å². The summed E-state index contributed by atoms with van der Waals surface area (Å²) in [6, 6.07) is 9.76. The Bertz CT molecular complexity index is 652. The molecule has 2 rings (SSSR count). The maximum absolute atomic E-state index is 13.4. The summed E-state index contributed by atoms with van der Waals surface area (Å²) < 4.78 is 32.0. The van der Waals surface area contributed by atoms with Gasteiger partial charge in [-0.1, -0.05) is 15.9 Å². The maximum atomic E-state index is 13.4. The van der Waals surface area contributed by atoms with E-state index in [1.165, 1.54) is 30.3 Å². The van der Waals surface area contributed by atoms with E-state index in [9.17, 15) is 8.78 Å². The maximum Gasteiger partial charge on any atom is 0.144 e. The standard InChI is InChI=1S/C14H8BrF2NO/c15-7-10-5-11(16)2-4-14(10)19-12-3-1-9(8-18)13(17)6-12/h1-6H,7H2. The predicted octanol–water partition coefficient (Wildman–Crippen LogP) is 4.52. The van der Waals surface area contributed by atoms with Gasteiger partial charge in [-0.15, -0.1) is 0 Å². The number of nitriles is 1. The first kappa shape index (κ1) is 13.5. The molecule has 0 atom stereocenters. The zero-order chi connectivity index (χ0) is 13.8. The number of ether oxygens (including phenoxy) is 1. The van der Waals surface area contributed by atoms with Crippen LogP contribution in [0, 0.1) is 23.0 Å². The van der Waals surface area contributed by atoms with Gasteiger partial charge in [0.15, 0.2) is 0 Å². The van der Waals surface area contributed by atoms with Crippen LogP contribution in [0.3, 0.4) is 0 Å². The highest BCUT2D eigenvalue weighted by Crippen LogP contribution is 2.28. The second-order valence-electron chi connectivity index (χ2n) is 3.74. The second-order valence-corrected chi connectivity index (χ2v) is 4.30. The summed E-state index contributed by atoms with van der Waals surface area (Å²) in [4.78, 5) is 0. The largest absolute Gasteiger partial charge is 0.457 e. The Balaban J connectivity index is 2.31. The van der Waals surface area contributed by atoms with E-state index in [1.54, 1.807) is 6.07 Å². The van der Waals surface area contributed by atoms with Gasteiger partial charge in [-0.2, -0.15) is 5.26 Å². The van der Waals surface area contributed by atoms with Crippen molar-refractivity contribution in [2.45, 2.75) is 5.33 Å². The van der Waals surface area contributed by atoms with Crippen molar-refractivity contribution in [2.75, 3.05) is 0 Å². The zero-order valence-corrected chi connectivity index (χ0v) is 11.2. The fourth-order valence-corrected chi connectivity index (χ4v) is 1.97. The third kappa shape index (κ3) is 3.09. The average Bonchev–Trinajstić information content (AvgIpc) is 2.41. The lowest BCUT2D eigenvalue weighted by Crippen LogP contribution is -1.92. The van der Waals surface area contributed by atoms with Gasteiger partial charge in [0.05, 0.1) is 5.56 Å². The smallest absolute Gasteiger partial charge is 0.144 e. The van der Waals surface area contributed by atoms with Crippen LogP contribution in [0.5, 0.6) is 11.5 Å². The topological polar surface area (TPSA) is 33.0 Å². The van der Waals surface area contributed by atoms with Gasteiger partial charge < -0.3 is 4.74 Å². The van der Waals surface area contributed by atoms with Crippen molar-refractivity contribution in [3.63, 3.8) is 0 Å². The van der Waals surface area contributed by atoms with Gasteiger partial charge in [0.2, 0.25) is 0 Å². The zero-order valence-electron chi connectivity index (χ0n) is 9.66. The molecule has 0 heterocycles. The fraction of sp³-hybridized carbons (Fsp3) is 0.0714. The minimum atomic E-state index is -0.650. The van der Waals surface area contributed by atoms with Crippen molar-refractivity contribution < 1.29 is 13.5 Å². The number of hydrogen-bond donors (Lipinski definition) is 0. The molecule has 0 fully saturated rings. The van der Waals surface area contributed by atoms with Crippen LogP contribution in [0.1, 0.15) is 11.1 Å². The molecule has 0 saturated heterocycles. The SMILES string of the molecule is N#Cc1ccc(Oc2ccc(F)cc2CBr)cc1F.